The molecule has 2 heterocycles. The van der Waals surface area contributed by atoms with Crippen LogP contribution in [0.3, 0.4) is 0 Å². The van der Waals surface area contributed by atoms with Crippen molar-refractivity contribution >= 4 is 34.1 Å². The topological polar surface area (TPSA) is 99.0 Å². The lowest BCUT2D eigenvalue weighted by molar-refractivity contribution is 0.123. The van der Waals surface area contributed by atoms with Crippen molar-refractivity contribution in [1.29, 1.82) is 0 Å². The lowest BCUT2D eigenvalue weighted by Gasteiger charge is -2.30. The third-order valence-corrected chi connectivity index (χ3v) is 5.64. The second-order valence-corrected chi connectivity index (χ2v) is 7.50. The maximum atomic E-state index is 12.9. The third kappa shape index (κ3) is 3.96. The van der Waals surface area contributed by atoms with Crippen molar-refractivity contribution in [1.82, 2.24) is 9.13 Å². The van der Waals surface area contributed by atoms with Gasteiger partial charge in [0.05, 0.1) is 55.5 Å². The predicted molar refractivity (Wildman–Crippen MR) is 123 cm³/mol. The molecular formula is C22H27N5O5. The maximum absolute atomic E-state index is 12.9. The van der Waals surface area contributed by atoms with Crippen LogP contribution in [0.25, 0.3) is 11.0 Å². The minimum Gasteiger partial charge on any atom is -0.497 e. The van der Waals surface area contributed by atoms with Gasteiger partial charge < -0.3 is 29.7 Å². The van der Waals surface area contributed by atoms with Crippen LogP contribution in [-0.2, 0) is 18.8 Å². The summed E-state index contributed by atoms with van der Waals surface area (Å²) in [4.78, 5) is 27.5. The van der Waals surface area contributed by atoms with E-state index in [0.717, 1.165) is 16.7 Å². The molecule has 0 aliphatic carbocycles. The molecule has 0 saturated carbocycles. The zero-order valence-electron chi connectivity index (χ0n) is 18.6. The highest BCUT2D eigenvalue weighted by atomic mass is 16.5. The number of imidazole rings is 1. The number of fused-ring (bicyclic) bond motifs is 1. The number of benzene rings is 2. The van der Waals surface area contributed by atoms with Crippen LogP contribution in [0.2, 0.25) is 0 Å². The van der Waals surface area contributed by atoms with E-state index in [1.54, 1.807) is 48.5 Å². The van der Waals surface area contributed by atoms with Crippen LogP contribution >= 0.6 is 0 Å². The smallest absolute Gasteiger partial charge is 0.328 e. The van der Waals surface area contributed by atoms with Crippen molar-refractivity contribution in [2.45, 2.75) is 0 Å². The Kier molecular flexibility index (Phi) is 5.95. The number of hydrogen-bond acceptors (Lipinski definition) is 6. The molecule has 4 rings (SSSR count). The number of rotatable bonds is 5. The SMILES string of the molecule is COc1ccc(OC)c(NC(=O)Nc2cc3c(cc2N2CCOCC2)n(C)c(=O)n3C)c1. The van der Waals surface area contributed by atoms with Crippen molar-refractivity contribution in [3.8, 4) is 11.5 Å². The van der Waals surface area contributed by atoms with Gasteiger partial charge in [0.2, 0.25) is 0 Å². The number of morpholine rings is 1. The average Bonchev–Trinajstić information content (AvgIpc) is 3.02. The Bertz CT molecular complexity index is 1210. The van der Waals surface area contributed by atoms with E-state index in [1.807, 2.05) is 12.1 Å². The van der Waals surface area contributed by atoms with Gasteiger partial charge in [-0.15, -0.1) is 0 Å². The molecule has 0 unspecified atom stereocenters. The third-order valence-electron chi connectivity index (χ3n) is 5.64. The zero-order valence-corrected chi connectivity index (χ0v) is 18.6. The lowest BCUT2D eigenvalue weighted by Crippen LogP contribution is -2.37. The number of nitrogens with one attached hydrogen (secondary N) is 2. The molecular weight excluding hydrogens is 414 g/mol. The number of carbonyl (C=O) groups is 1. The highest BCUT2D eigenvalue weighted by Crippen LogP contribution is 2.33. The van der Waals surface area contributed by atoms with E-state index in [-0.39, 0.29) is 5.69 Å². The second-order valence-electron chi connectivity index (χ2n) is 7.50. The molecule has 0 atom stereocenters. The molecule has 170 valence electrons. The number of amides is 2. The van der Waals surface area contributed by atoms with Gasteiger partial charge in [-0.05, 0) is 24.3 Å². The van der Waals surface area contributed by atoms with E-state index in [0.29, 0.717) is 49.2 Å². The van der Waals surface area contributed by atoms with Crippen LogP contribution in [0.4, 0.5) is 21.9 Å². The van der Waals surface area contributed by atoms with Crippen LogP contribution in [0.15, 0.2) is 35.1 Å². The van der Waals surface area contributed by atoms with E-state index in [1.165, 1.54) is 7.11 Å². The molecule has 0 spiro atoms. The van der Waals surface area contributed by atoms with E-state index in [4.69, 9.17) is 14.2 Å². The van der Waals surface area contributed by atoms with Gasteiger partial charge >= 0.3 is 11.7 Å². The Morgan fingerprint density at radius 3 is 2.25 bits per heavy atom. The van der Waals surface area contributed by atoms with Crippen LogP contribution in [0.5, 0.6) is 11.5 Å². The van der Waals surface area contributed by atoms with Crippen LogP contribution < -0.4 is 30.7 Å². The lowest BCUT2D eigenvalue weighted by atomic mass is 10.2. The van der Waals surface area contributed by atoms with Crippen LogP contribution in [0, 0.1) is 0 Å². The minimum absolute atomic E-state index is 0.129. The fourth-order valence-electron chi connectivity index (χ4n) is 3.89. The summed E-state index contributed by atoms with van der Waals surface area (Å²) in [6, 6.07) is 8.48. The summed E-state index contributed by atoms with van der Waals surface area (Å²) in [5.41, 5.74) is 3.29. The highest BCUT2D eigenvalue weighted by molar-refractivity contribution is 6.04. The largest absolute Gasteiger partial charge is 0.497 e. The molecule has 2 amide bonds. The first-order valence-corrected chi connectivity index (χ1v) is 10.2. The normalized spacial score (nSPS) is 13.8. The Hall–Kier alpha value is -3.66. The van der Waals surface area contributed by atoms with Crippen molar-refractivity contribution < 1.29 is 19.0 Å². The Labute approximate surface area is 185 Å². The first kappa shape index (κ1) is 21.6. The number of nitrogens with zero attached hydrogens (tertiary/aromatic N) is 3. The van der Waals surface area contributed by atoms with E-state index in [2.05, 4.69) is 15.5 Å². The Balaban J connectivity index is 1.70. The highest BCUT2D eigenvalue weighted by Gasteiger charge is 2.20. The summed E-state index contributed by atoms with van der Waals surface area (Å²) in [6.07, 6.45) is 0. The molecule has 2 N–H and O–H groups in total. The van der Waals surface area contributed by atoms with Gasteiger partial charge in [-0.2, -0.15) is 0 Å². The molecule has 10 nitrogen and oxygen atoms in total. The summed E-state index contributed by atoms with van der Waals surface area (Å²) in [6.45, 7) is 2.56. The van der Waals surface area contributed by atoms with Gasteiger partial charge in [0, 0.05) is 33.3 Å². The molecule has 2 aromatic carbocycles. The molecule has 0 radical (unpaired) electrons. The van der Waals surface area contributed by atoms with Gasteiger partial charge in [-0.3, -0.25) is 9.13 Å². The van der Waals surface area contributed by atoms with E-state index >= 15 is 0 Å². The Morgan fingerprint density at radius 1 is 0.938 bits per heavy atom. The fraction of sp³-hybridized carbons (Fsp3) is 0.364. The number of ether oxygens (including phenoxy) is 3. The number of aryl methyl sites for hydroxylation is 2. The fourth-order valence-corrected chi connectivity index (χ4v) is 3.89. The number of carbonyl (C=O) groups excluding carboxylic acids is 1. The van der Waals surface area contributed by atoms with Crippen molar-refractivity contribution in [2.24, 2.45) is 14.1 Å². The molecule has 1 aliphatic heterocycles. The molecule has 1 saturated heterocycles. The minimum atomic E-state index is -0.439. The van der Waals surface area contributed by atoms with Crippen molar-refractivity contribution in [3.63, 3.8) is 0 Å². The number of anilines is 3. The number of urea groups is 1. The summed E-state index contributed by atoms with van der Waals surface area (Å²) in [7, 11) is 6.54. The summed E-state index contributed by atoms with van der Waals surface area (Å²) < 4.78 is 19.2. The van der Waals surface area contributed by atoms with Crippen molar-refractivity contribution in [2.75, 3.05) is 56.1 Å². The monoisotopic (exact) mass is 441 g/mol. The van der Waals surface area contributed by atoms with Crippen LogP contribution in [-0.4, -0.2) is 55.7 Å². The molecule has 1 aromatic heterocycles. The van der Waals surface area contributed by atoms with Gasteiger partial charge in [0.1, 0.15) is 11.5 Å². The maximum Gasteiger partial charge on any atom is 0.328 e. The molecule has 32 heavy (non-hydrogen) atoms. The predicted octanol–water partition coefficient (Wildman–Crippen LogP) is 2.37. The molecule has 10 heteroatoms. The van der Waals surface area contributed by atoms with E-state index in [9.17, 15) is 9.59 Å². The van der Waals surface area contributed by atoms with Gasteiger partial charge in [0.25, 0.3) is 0 Å². The van der Waals surface area contributed by atoms with Gasteiger partial charge in [-0.1, -0.05) is 0 Å². The quantitative estimate of drug-likeness (QED) is 0.631. The number of aromatic nitrogens is 2. The molecule has 3 aromatic rings. The molecule has 1 aliphatic rings. The van der Waals surface area contributed by atoms with Gasteiger partial charge in [0.15, 0.2) is 0 Å². The standard InChI is InChI=1S/C22H27N5O5/c1-25-18-12-15(23-21(28)24-16-11-14(30-3)5-6-20(16)31-4)17(27-7-9-32-10-8-27)13-19(18)26(2)22(25)29/h5-6,11-13H,7-10H2,1-4H3,(H2,23,24,28). The molecule has 1 fully saturated rings. The first-order chi connectivity index (χ1) is 15.4. The summed E-state index contributed by atoms with van der Waals surface area (Å²) in [5, 5.41) is 5.76. The summed E-state index contributed by atoms with van der Waals surface area (Å²) in [5.74, 6) is 1.10. The van der Waals surface area contributed by atoms with Gasteiger partial charge in [-0.25, -0.2) is 9.59 Å². The molecule has 0 bridgehead atoms. The Morgan fingerprint density at radius 2 is 1.59 bits per heavy atom. The zero-order chi connectivity index (χ0) is 22.8. The average molecular weight is 441 g/mol. The number of hydrogen-bond donors (Lipinski definition) is 2. The van der Waals surface area contributed by atoms with Crippen LogP contribution in [0.1, 0.15) is 0 Å². The first-order valence-electron chi connectivity index (χ1n) is 10.2. The summed E-state index contributed by atoms with van der Waals surface area (Å²) >= 11 is 0. The second kappa shape index (κ2) is 8.83. The van der Waals surface area contributed by atoms with E-state index < -0.39 is 6.03 Å². The number of methoxy groups -OCH3 is 2. The van der Waals surface area contributed by atoms with Crippen molar-refractivity contribution in [3.05, 3.63) is 40.8 Å².